The fraction of sp³-hybridized carbons (Fsp3) is 0.625. The molecule has 3 N–H and O–H groups in total. The SMILES string of the molecule is COc1ccc(C)cc1CC(CC1CCCC1)NN. The first-order valence-corrected chi connectivity index (χ1v) is 7.32. The standard InChI is InChI=1S/C16H26N2O/c1-12-7-8-16(19-2)14(9-12)11-15(18-17)10-13-5-3-4-6-13/h7-9,13,15,18H,3-6,10-11,17H2,1-2H3. The summed E-state index contributed by atoms with van der Waals surface area (Å²) >= 11 is 0. The molecule has 106 valence electrons. The zero-order chi connectivity index (χ0) is 13.7. The van der Waals surface area contributed by atoms with Gasteiger partial charge in [0.2, 0.25) is 0 Å². The van der Waals surface area contributed by atoms with Crippen molar-refractivity contribution in [2.45, 2.75) is 51.5 Å². The van der Waals surface area contributed by atoms with Crippen LogP contribution in [0.5, 0.6) is 5.75 Å². The third-order valence-electron chi connectivity index (χ3n) is 4.23. The summed E-state index contributed by atoms with van der Waals surface area (Å²) in [5.74, 6) is 7.55. The Bertz CT molecular complexity index is 400. The predicted molar refractivity (Wildman–Crippen MR) is 79.1 cm³/mol. The van der Waals surface area contributed by atoms with E-state index >= 15 is 0 Å². The Morgan fingerprint density at radius 1 is 1.37 bits per heavy atom. The van der Waals surface area contributed by atoms with Crippen LogP contribution in [0.1, 0.15) is 43.2 Å². The van der Waals surface area contributed by atoms with Crippen molar-refractivity contribution >= 4 is 0 Å². The second kappa shape index (κ2) is 6.92. The van der Waals surface area contributed by atoms with Crippen LogP contribution in [-0.2, 0) is 6.42 Å². The highest BCUT2D eigenvalue weighted by atomic mass is 16.5. The molecule has 2 rings (SSSR count). The van der Waals surface area contributed by atoms with Crippen LogP contribution in [0, 0.1) is 12.8 Å². The molecular formula is C16H26N2O. The largest absolute Gasteiger partial charge is 0.496 e. The summed E-state index contributed by atoms with van der Waals surface area (Å²) in [6.45, 7) is 2.12. The molecule has 1 aromatic carbocycles. The van der Waals surface area contributed by atoms with Gasteiger partial charge < -0.3 is 4.74 Å². The van der Waals surface area contributed by atoms with Crippen molar-refractivity contribution in [1.82, 2.24) is 5.43 Å². The number of nitrogens with one attached hydrogen (secondary N) is 1. The number of aryl methyl sites for hydroxylation is 1. The van der Waals surface area contributed by atoms with Gasteiger partial charge in [-0.15, -0.1) is 0 Å². The molecule has 0 bridgehead atoms. The van der Waals surface area contributed by atoms with Crippen molar-refractivity contribution < 1.29 is 4.74 Å². The molecule has 1 unspecified atom stereocenters. The lowest BCUT2D eigenvalue weighted by atomic mass is 9.93. The van der Waals surface area contributed by atoms with E-state index < -0.39 is 0 Å². The Kier molecular flexibility index (Phi) is 5.23. The van der Waals surface area contributed by atoms with Crippen molar-refractivity contribution in [2.24, 2.45) is 11.8 Å². The number of rotatable bonds is 6. The molecule has 0 aromatic heterocycles. The summed E-state index contributed by atoms with van der Waals surface area (Å²) in [6.07, 6.45) is 7.61. The highest BCUT2D eigenvalue weighted by Gasteiger charge is 2.20. The van der Waals surface area contributed by atoms with Gasteiger partial charge in [0.1, 0.15) is 5.75 Å². The lowest BCUT2D eigenvalue weighted by Crippen LogP contribution is -2.38. The fourth-order valence-electron chi connectivity index (χ4n) is 3.19. The van der Waals surface area contributed by atoms with E-state index in [0.29, 0.717) is 6.04 Å². The number of nitrogens with two attached hydrogens (primary N) is 1. The summed E-state index contributed by atoms with van der Waals surface area (Å²) in [7, 11) is 1.73. The van der Waals surface area contributed by atoms with Crippen molar-refractivity contribution in [3.05, 3.63) is 29.3 Å². The maximum Gasteiger partial charge on any atom is 0.122 e. The number of ether oxygens (including phenoxy) is 1. The van der Waals surface area contributed by atoms with Gasteiger partial charge in [0.25, 0.3) is 0 Å². The maximum absolute atomic E-state index is 5.74. The maximum atomic E-state index is 5.74. The molecule has 1 aliphatic rings. The molecule has 1 saturated carbocycles. The van der Waals surface area contributed by atoms with Crippen LogP contribution in [0.3, 0.4) is 0 Å². The van der Waals surface area contributed by atoms with Crippen LogP contribution in [-0.4, -0.2) is 13.2 Å². The van der Waals surface area contributed by atoms with Crippen molar-refractivity contribution in [3.8, 4) is 5.75 Å². The molecule has 0 amide bonds. The van der Waals surface area contributed by atoms with E-state index in [2.05, 4.69) is 24.5 Å². The van der Waals surface area contributed by atoms with Gasteiger partial charge in [-0.1, -0.05) is 43.4 Å². The third kappa shape index (κ3) is 3.95. The Balaban J connectivity index is 2.02. The van der Waals surface area contributed by atoms with Gasteiger partial charge in [0, 0.05) is 6.04 Å². The Morgan fingerprint density at radius 2 is 2.11 bits per heavy atom. The Hall–Kier alpha value is -1.06. The smallest absolute Gasteiger partial charge is 0.122 e. The number of methoxy groups -OCH3 is 1. The summed E-state index contributed by atoms with van der Waals surface area (Å²) in [5, 5.41) is 0. The number of benzene rings is 1. The molecule has 0 heterocycles. The quantitative estimate of drug-likeness (QED) is 0.612. The topological polar surface area (TPSA) is 47.3 Å². The summed E-state index contributed by atoms with van der Waals surface area (Å²) in [5.41, 5.74) is 5.52. The van der Waals surface area contributed by atoms with E-state index in [-0.39, 0.29) is 0 Å². The van der Waals surface area contributed by atoms with Crippen LogP contribution in [0.4, 0.5) is 0 Å². The Morgan fingerprint density at radius 3 is 2.74 bits per heavy atom. The molecule has 0 saturated heterocycles. The van der Waals surface area contributed by atoms with Crippen molar-refractivity contribution in [3.63, 3.8) is 0 Å². The lowest BCUT2D eigenvalue weighted by molar-refractivity contribution is 0.376. The van der Waals surface area contributed by atoms with Crippen molar-refractivity contribution in [2.75, 3.05) is 7.11 Å². The molecule has 3 nitrogen and oxygen atoms in total. The molecule has 1 aliphatic carbocycles. The third-order valence-corrected chi connectivity index (χ3v) is 4.23. The normalized spacial score (nSPS) is 17.6. The minimum Gasteiger partial charge on any atom is -0.496 e. The second-order valence-corrected chi connectivity index (χ2v) is 5.77. The number of hydrazine groups is 1. The Labute approximate surface area is 116 Å². The molecule has 0 radical (unpaired) electrons. The van der Waals surface area contributed by atoms with Gasteiger partial charge in [-0.05, 0) is 37.3 Å². The second-order valence-electron chi connectivity index (χ2n) is 5.77. The zero-order valence-electron chi connectivity index (χ0n) is 12.1. The molecular weight excluding hydrogens is 236 g/mol. The summed E-state index contributed by atoms with van der Waals surface area (Å²) in [6, 6.07) is 6.69. The van der Waals surface area contributed by atoms with E-state index in [1.807, 2.05) is 6.07 Å². The summed E-state index contributed by atoms with van der Waals surface area (Å²) < 4.78 is 5.45. The van der Waals surface area contributed by atoms with E-state index in [9.17, 15) is 0 Å². The van der Waals surface area contributed by atoms with Gasteiger partial charge >= 0.3 is 0 Å². The van der Waals surface area contributed by atoms with Crippen LogP contribution in [0.15, 0.2) is 18.2 Å². The van der Waals surface area contributed by atoms with Crippen LogP contribution in [0.25, 0.3) is 0 Å². The average molecular weight is 262 g/mol. The minimum absolute atomic E-state index is 0.346. The summed E-state index contributed by atoms with van der Waals surface area (Å²) in [4.78, 5) is 0. The first-order valence-electron chi connectivity index (χ1n) is 7.32. The molecule has 1 fully saturated rings. The van der Waals surface area contributed by atoms with Gasteiger partial charge in [0.05, 0.1) is 7.11 Å². The van der Waals surface area contributed by atoms with E-state index in [1.165, 1.54) is 43.2 Å². The van der Waals surface area contributed by atoms with E-state index in [0.717, 1.165) is 18.1 Å². The fourth-order valence-corrected chi connectivity index (χ4v) is 3.19. The van der Waals surface area contributed by atoms with Gasteiger partial charge in [-0.2, -0.15) is 0 Å². The molecule has 0 spiro atoms. The first kappa shape index (κ1) is 14.4. The van der Waals surface area contributed by atoms with Gasteiger partial charge in [-0.25, -0.2) is 0 Å². The lowest BCUT2D eigenvalue weighted by Gasteiger charge is -2.21. The number of hydrogen-bond donors (Lipinski definition) is 2. The highest BCUT2D eigenvalue weighted by Crippen LogP contribution is 2.30. The van der Waals surface area contributed by atoms with Crippen LogP contribution >= 0.6 is 0 Å². The number of hydrogen-bond acceptors (Lipinski definition) is 3. The average Bonchev–Trinajstić information content (AvgIpc) is 2.91. The first-order chi connectivity index (χ1) is 9.22. The highest BCUT2D eigenvalue weighted by molar-refractivity contribution is 5.37. The predicted octanol–water partition coefficient (Wildman–Crippen LogP) is 2.96. The van der Waals surface area contributed by atoms with E-state index in [4.69, 9.17) is 10.6 Å². The molecule has 0 aliphatic heterocycles. The molecule has 3 heteroatoms. The molecule has 19 heavy (non-hydrogen) atoms. The van der Waals surface area contributed by atoms with Gasteiger partial charge in [-0.3, -0.25) is 11.3 Å². The van der Waals surface area contributed by atoms with Crippen molar-refractivity contribution in [1.29, 1.82) is 0 Å². The molecule has 1 atom stereocenters. The minimum atomic E-state index is 0.346. The van der Waals surface area contributed by atoms with Gasteiger partial charge in [0.15, 0.2) is 0 Å². The van der Waals surface area contributed by atoms with Crippen LogP contribution in [0.2, 0.25) is 0 Å². The van der Waals surface area contributed by atoms with E-state index in [1.54, 1.807) is 7.11 Å². The zero-order valence-corrected chi connectivity index (χ0v) is 12.1. The van der Waals surface area contributed by atoms with Crippen LogP contribution < -0.4 is 16.0 Å². The monoisotopic (exact) mass is 262 g/mol. The molecule has 1 aromatic rings.